The molecule has 23 heavy (non-hydrogen) atoms. The van der Waals surface area contributed by atoms with Crippen LogP contribution in [-0.4, -0.2) is 34.2 Å². The second kappa shape index (κ2) is 7.09. The first kappa shape index (κ1) is 16.7. The molecule has 0 fully saturated rings. The van der Waals surface area contributed by atoms with Crippen LogP contribution in [0.2, 0.25) is 0 Å². The van der Waals surface area contributed by atoms with Gasteiger partial charge in [0.25, 0.3) is 11.5 Å². The van der Waals surface area contributed by atoms with Crippen LogP contribution in [0.25, 0.3) is 0 Å². The highest BCUT2D eigenvalue weighted by Gasteiger charge is 2.20. The summed E-state index contributed by atoms with van der Waals surface area (Å²) in [5.74, 6) is 0.569. The number of hydrogen-bond donors (Lipinski definition) is 0. The fraction of sp³-hybridized carbons (Fsp3) is 0.353. The Balaban J connectivity index is 2.17. The molecule has 0 saturated heterocycles. The summed E-state index contributed by atoms with van der Waals surface area (Å²) < 4.78 is 6.57. The van der Waals surface area contributed by atoms with E-state index in [0.717, 1.165) is 16.0 Å². The molecule has 122 valence electrons. The number of aryl methyl sites for hydroxylation is 1. The highest BCUT2D eigenvalue weighted by molar-refractivity contribution is 5.92. The standard InChI is InChI=1S/C17H21N3O3/c1-5-23-14-8-6-13(7-9-14)12(2)19(3)17(22)15-10-11-16(21)20(4)18-15/h6-12H,5H2,1-4H3. The summed E-state index contributed by atoms with van der Waals surface area (Å²) in [6.45, 7) is 4.49. The molecule has 1 aromatic carbocycles. The minimum absolute atomic E-state index is 0.128. The Morgan fingerprint density at radius 1 is 1.26 bits per heavy atom. The van der Waals surface area contributed by atoms with Crippen LogP contribution < -0.4 is 10.3 Å². The third-order valence-corrected chi connectivity index (χ3v) is 3.75. The highest BCUT2D eigenvalue weighted by Crippen LogP contribution is 2.22. The van der Waals surface area contributed by atoms with Crippen LogP contribution in [0.5, 0.6) is 5.75 Å². The van der Waals surface area contributed by atoms with E-state index in [0.29, 0.717) is 6.61 Å². The van der Waals surface area contributed by atoms with Gasteiger partial charge in [-0.25, -0.2) is 4.68 Å². The van der Waals surface area contributed by atoms with Crippen LogP contribution in [0.1, 0.15) is 35.9 Å². The molecule has 1 aromatic heterocycles. The third kappa shape index (κ3) is 3.77. The maximum atomic E-state index is 12.5. The first-order valence-electron chi connectivity index (χ1n) is 7.48. The average Bonchev–Trinajstić information content (AvgIpc) is 2.56. The number of rotatable bonds is 5. The van der Waals surface area contributed by atoms with Gasteiger partial charge >= 0.3 is 0 Å². The van der Waals surface area contributed by atoms with Crippen molar-refractivity contribution in [2.45, 2.75) is 19.9 Å². The van der Waals surface area contributed by atoms with Crippen molar-refractivity contribution in [2.24, 2.45) is 7.05 Å². The van der Waals surface area contributed by atoms with E-state index in [-0.39, 0.29) is 23.2 Å². The normalized spacial score (nSPS) is 11.8. The first-order chi connectivity index (χ1) is 10.9. The largest absolute Gasteiger partial charge is 0.494 e. The predicted octanol–water partition coefficient (Wildman–Crippen LogP) is 2.01. The number of hydrogen-bond acceptors (Lipinski definition) is 4. The van der Waals surface area contributed by atoms with Crippen molar-refractivity contribution in [3.8, 4) is 5.75 Å². The van der Waals surface area contributed by atoms with E-state index in [1.54, 1.807) is 11.9 Å². The van der Waals surface area contributed by atoms with E-state index < -0.39 is 0 Å². The molecule has 1 amide bonds. The number of nitrogens with zero attached hydrogens (tertiary/aromatic N) is 3. The monoisotopic (exact) mass is 315 g/mol. The van der Waals surface area contributed by atoms with Crippen molar-refractivity contribution in [3.05, 3.63) is 58.0 Å². The SMILES string of the molecule is CCOc1ccc(C(C)N(C)C(=O)c2ccc(=O)n(C)n2)cc1. The van der Waals surface area contributed by atoms with Crippen LogP contribution in [-0.2, 0) is 7.05 Å². The van der Waals surface area contributed by atoms with Gasteiger partial charge in [-0.3, -0.25) is 9.59 Å². The molecule has 1 atom stereocenters. The molecule has 2 rings (SSSR count). The summed E-state index contributed by atoms with van der Waals surface area (Å²) in [5.41, 5.74) is 0.991. The Morgan fingerprint density at radius 2 is 1.91 bits per heavy atom. The van der Waals surface area contributed by atoms with Gasteiger partial charge in [0.1, 0.15) is 11.4 Å². The Hall–Kier alpha value is -2.63. The lowest BCUT2D eigenvalue weighted by atomic mass is 10.1. The molecule has 6 nitrogen and oxygen atoms in total. The fourth-order valence-corrected chi connectivity index (χ4v) is 2.21. The summed E-state index contributed by atoms with van der Waals surface area (Å²) in [7, 11) is 3.24. The number of aromatic nitrogens is 2. The quantitative estimate of drug-likeness (QED) is 0.846. The van der Waals surface area contributed by atoms with Crippen LogP contribution >= 0.6 is 0 Å². The second-order valence-electron chi connectivity index (χ2n) is 5.27. The van der Waals surface area contributed by atoms with Gasteiger partial charge in [0.15, 0.2) is 0 Å². The molecule has 2 aromatic rings. The van der Waals surface area contributed by atoms with Crippen molar-refractivity contribution in [2.75, 3.05) is 13.7 Å². The van der Waals surface area contributed by atoms with Gasteiger partial charge < -0.3 is 9.64 Å². The Bertz CT molecular complexity index is 737. The molecule has 6 heteroatoms. The van der Waals surface area contributed by atoms with Crippen LogP contribution in [0.3, 0.4) is 0 Å². The van der Waals surface area contributed by atoms with Crippen molar-refractivity contribution in [3.63, 3.8) is 0 Å². The summed E-state index contributed by atoms with van der Waals surface area (Å²) in [5, 5.41) is 4.00. The van der Waals surface area contributed by atoms with Gasteiger partial charge in [0.05, 0.1) is 12.6 Å². The average molecular weight is 315 g/mol. The second-order valence-corrected chi connectivity index (χ2v) is 5.27. The predicted molar refractivity (Wildman–Crippen MR) is 87.6 cm³/mol. The Kier molecular flexibility index (Phi) is 5.16. The van der Waals surface area contributed by atoms with E-state index in [9.17, 15) is 9.59 Å². The molecule has 0 aliphatic heterocycles. The van der Waals surface area contributed by atoms with E-state index in [1.807, 2.05) is 38.1 Å². The minimum Gasteiger partial charge on any atom is -0.494 e. The highest BCUT2D eigenvalue weighted by atomic mass is 16.5. The molecule has 1 unspecified atom stereocenters. The molecule has 0 bridgehead atoms. The van der Waals surface area contributed by atoms with Gasteiger partial charge in [-0.15, -0.1) is 0 Å². The zero-order chi connectivity index (χ0) is 17.0. The Labute approximate surface area is 135 Å². The summed E-state index contributed by atoms with van der Waals surface area (Å²) in [6, 6.07) is 10.3. The van der Waals surface area contributed by atoms with E-state index in [2.05, 4.69) is 5.10 Å². The molecular formula is C17H21N3O3. The lowest BCUT2D eigenvalue weighted by molar-refractivity contribution is 0.0734. The van der Waals surface area contributed by atoms with Gasteiger partial charge in [0, 0.05) is 20.2 Å². The van der Waals surface area contributed by atoms with Gasteiger partial charge in [0.2, 0.25) is 0 Å². The zero-order valence-electron chi connectivity index (χ0n) is 13.8. The fourth-order valence-electron chi connectivity index (χ4n) is 2.21. The zero-order valence-corrected chi connectivity index (χ0v) is 13.8. The third-order valence-electron chi connectivity index (χ3n) is 3.75. The molecule has 0 saturated carbocycles. The molecular weight excluding hydrogens is 294 g/mol. The minimum atomic E-state index is -0.247. The lowest BCUT2D eigenvalue weighted by Crippen LogP contribution is -2.32. The van der Waals surface area contributed by atoms with Gasteiger partial charge in [-0.05, 0) is 37.6 Å². The van der Waals surface area contributed by atoms with Crippen molar-refractivity contribution >= 4 is 5.91 Å². The molecule has 0 aliphatic carbocycles. The maximum Gasteiger partial charge on any atom is 0.274 e. The molecule has 0 N–H and O–H groups in total. The van der Waals surface area contributed by atoms with Crippen LogP contribution in [0.15, 0.2) is 41.2 Å². The topological polar surface area (TPSA) is 64.4 Å². The molecule has 1 heterocycles. The van der Waals surface area contributed by atoms with Crippen molar-refractivity contribution in [1.82, 2.24) is 14.7 Å². The van der Waals surface area contributed by atoms with Crippen molar-refractivity contribution in [1.29, 1.82) is 0 Å². The Morgan fingerprint density at radius 3 is 2.48 bits per heavy atom. The number of amides is 1. The van der Waals surface area contributed by atoms with Crippen LogP contribution in [0, 0.1) is 0 Å². The van der Waals surface area contributed by atoms with Gasteiger partial charge in [-0.1, -0.05) is 12.1 Å². The van der Waals surface area contributed by atoms with Crippen molar-refractivity contribution < 1.29 is 9.53 Å². The number of ether oxygens (including phenoxy) is 1. The summed E-state index contributed by atoms with van der Waals surface area (Å²) >= 11 is 0. The van der Waals surface area contributed by atoms with E-state index in [1.165, 1.54) is 19.2 Å². The van der Waals surface area contributed by atoms with E-state index >= 15 is 0 Å². The molecule has 0 spiro atoms. The van der Waals surface area contributed by atoms with E-state index in [4.69, 9.17) is 4.74 Å². The lowest BCUT2D eigenvalue weighted by Gasteiger charge is -2.25. The smallest absolute Gasteiger partial charge is 0.274 e. The molecule has 0 aliphatic rings. The number of benzene rings is 1. The number of carbonyl (C=O) groups is 1. The van der Waals surface area contributed by atoms with Gasteiger partial charge in [-0.2, -0.15) is 5.10 Å². The van der Waals surface area contributed by atoms with Crippen LogP contribution in [0.4, 0.5) is 0 Å². The molecule has 0 radical (unpaired) electrons. The maximum absolute atomic E-state index is 12.5. The first-order valence-corrected chi connectivity index (χ1v) is 7.48. The number of carbonyl (C=O) groups excluding carboxylic acids is 1. The summed E-state index contributed by atoms with van der Waals surface area (Å²) in [6.07, 6.45) is 0. The summed E-state index contributed by atoms with van der Waals surface area (Å²) in [4.78, 5) is 25.5.